The number of Topliss-reactive ketones (excluding diaryl/α,β-unsaturated/α-hetero) is 1. The summed E-state index contributed by atoms with van der Waals surface area (Å²) in [7, 11) is 5.36. The number of hydrogen-bond donors (Lipinski definition) is 1. The first-order valence-electron chi connectivity index (χ1n) is 10.3. The number of nitro groups is 1. The van der Waals surface area contributed by atoms with E-state index in [1.807, 2.05) is 14.1 Å². The summed E-state index contributed by atoms with van der Waals surface area (Å²) >= 11 is 6.16. The SMILES string of the molecule is COc1ccc(C([O-])=C2C(=O)C(=O)N(CCC[NH+](C)C)C2c2cccc([N+](=O)[O-])c2)cc1Cl. The van der Waals surface area contributed by atoms with Gasteiger partial charge in [0.25, 0.3) is 11.6 Å². The van der Waals surface area contributed by atoms with Gasteiger partial charge in [-0.15, -0.1) is 0 Å². The van der Waals surface area contributed by atoms with Crippen LogP contribution in [0.5, 0.6) is 5.75 Å². The van der Waals surface area contributed by atoms with Gasteiger partial charge in [-0.2, -0.15) is 0 Å². The van der Waals surface area contributed by atoms with E-state index in [9.17, 15) is 24.8 Å². The average molecular weight is 474 g/mol. The molecule has 2 aromatic carbocycles. The summed E-state index contributed by atoms with van der Waals surface area (Å²) in [5, 5.41) is 24.9. The highest BCUT2D eigenvalue weighted by Crippen LogP contribution is 2.40. The maximum atomic E-state index is 13.4. The first-order valence-corrected chi connectivity index (χ1v) is 10.7. The number of non-ortho nitro benzene ring substituents is 1. The summed E-state index contributed by atoms with van der Waals surface area (Å²) in [5.41, 5.74) is -0.00858. The van der Waals surface area contributed by atoms with Crippen LogP contribution in [-0.2, 0) is 9.59 Å². The Labute approximate surface area is 196 Å². The molecule has 0 spiro atoms. The van der Waals surface area contributed by atoms with Crippen molar-refractivity contribution in [3.8, 4) is 5.75 Å². The van der Waals surface area contributed by atoms with E-state index in [1.54, 1.807) is 6.07 Å². The number of carbonyl (C=O) groups excluding carboxylic acids is 2. The molecule has 1 atom stereocenters. The Morgan fingerprint density at radius 2 is 1.94 bits per heavy atom. The molecule has 10 heteroatoms. The minimum Gasteiger partial charge on any atom is -0.872 e. The summed E-state index contributed by atoms with van der Waals surface area (Å²) < 4.78 is 5.10. The predicted octanol–water partition coefficient (Wildman–Crippen LogP) is 1.02. The lowest BCUT2D eigenvalue weighted by atomic mass is 9.95. The predicted molar refractivity (Wildman–Crippen MR) is 120 cm³/mol. The minimum atomic E-state index is -1.03. The minimum absolute atomic E-state index is 0.118. The molecule has 3 rings (SSSR count). The standard InChI is InChI=1S/C23H24ClN3O6/c1-25(2)10-5-11-26-20(14-6-4-7-16(12-14)27(31)32)19(22(29)23(26)30)21(28)15-8-9-18(33-3)17(24)13-15/h4,6-9,12-13,20,28H,5,10-11H2,1-3H3. The Hall–Kier alpha value is -3.43. The lowest BCUT2D eigenvalue weighted by Crippen LogP contribution is -3.05. The molecular formula is C23H24ClN3O6. The van der Waals surface area contributed by atoms with Gasteiger partial charge in [-0.1, -0.05) is 35.6 Å². The van der Waals surface area contributed by atoms with E-state index < -0.39 is 28.4 Å². The summed E-state index contributed by atoms with van der Waals surface area (Å²) in [4.78, 5) is 39.1. The Balaban J connectivity index is 2.15. The average Bonchev–Trinajstić information content (AvgIpc) is 3.03. The van der Waals surface area contributed by atoms with Gasteiger partial charge in [0, 0.05) is 30.7 Å². The number of nitro benzene ring substituents is 1. The van der Waals surface area contributed by atoms with E-state index in [2.05, 4.69) is 0 Å². The van der Waals surface area contributed by atoms with Gasteiger partial charge in [-0.25, -0.2) is 0 Å². The second kappa shape index (κ2) is 10.0. The van der Waals surface area contributed by atoms with Crippen LogP contribution >= 0.6 is 11.6 Å². The molecule has 1 fully saturated rings. The fourth-order valence-electron chi connectivity index (χ4n) is 3.82. The van der Waals surface area contributed by atoms with Crippen LogP contribution in [0, 0.1) is 10.1 Å². The quantitative estimate of drug-likeness (QED) is 0.201. The van der Waals surface area contributed by atoms with Crippen LogP contribution in [0.4, 0.5) is 5.69 Å². The topological polar surface area (TPSA) is 117 Å². The number of halogens is 1. The van der Waals surface area contributed by atoms with Crippen molar-refractivity contribution in [2.45, 2.75) is 12.5 Å². The molecule has 0 aromatic heterocycles. The number of methoxy groups -OCH3 is 1. The van der Waals surface area contributed by atoms with E-state index in [4.69, 9.17) is 16.3 Å². The molecule has 174 valence electrons. The van der Waals surface area contributed by atoms with E-state index in [0.717, 1.165) is 11.4 Å². The molecule has 1 amide bonds. The van der Waals surface area contributed by atoms with Crippen LogP contribution in [0.2, 0.25) is 5.02 Å². The molecule has 1 heterocycles. The third kappa shape index (κ3) is 4.99. The molecule has 2 aromatic rings. The molecule has 1 aliphatic rings. The van der Waals surface area contributed by atoms with Gasteiger partial charge in [0.15, 0.2) is 0 Å². The van der Waals surface area contributed by atoms with Crippen molar-refractivity contribution in [1.29, 1.82) is 0 Å². The largest absolute Gasteiger partial charge is 0.872 e. The number of ether oxygens (including phenoxy) is 1. The number of quaternary nitrogens is 1. The number of likely N-dealkylation sites (tertiary alicyclic amines) is 1. The molecule has 0 aliphatic carbocycles. The summed E-state index contributed by atoms with van der Waals surface area (Å²) in [5.74, 6) is -2.02. The van der Waals surface area contributed by atoms with E-state index in [1.165, 1.54) is 48.4 Å². The maximum absolute atomic E-state index is 13.4. The Morgan fingerprint density at radius 3 is 2.55 bits per heavy atom. The molecule has 1 aliphatic heterocycles. The zero-order chi connectivity index (χ0) is 24.3. The molecule has 0 saturated carbocycles. The number of rotatable bonds is 8. The van der Waals surface area contributed by atoms with Crippen molar-refractivity contribution >= 4 is 34.7 Å². The number of amides is 1. The van der Waals surface area contributed by atoms with Crippen LogP contribution in [0.25, 0.3) is 5.76 Å². The van der Waals surface area contributed by atoms with Crippen LogP contribution in [0.1, 0.15) is 23.6 Å². The fraction of sp³-hybridized carbons (Fsp3) is 0.304. The Morgan fingerprint density at radius 1 is 1.21 bits per heavy atom. The number of nitrogens with zero attached hydrogens (tertiary/aromatic N) is 2. The first kappa shape index (κ1) is 24.2. The molecule has 1 unspecified atom stereocenters. The van der Waals surface area contributed by atoms with Gasteiger partial charge in [-0.05, 0) is 23.3 Å². The number of carbonyl (C=O) groups is 2. The number of benzene rings is 2. The Bertz CT molecular complexity index is 1130. The van der Waals surface area contributed by atoms with Crippen molar-refractivity contribution in [3.05, 3.63) is 74.3 Å². The lowest BCUT2D eigenvalue weighted by Gasteiger charge is -2.27. The highest BCUT2D eigenvalue weighted by molar-refractivity contribution is 6.46. The summed E-state index contributed by atoms with van der Waals surface area (Å²) in [6, 6.07) is 8.93. The van der Waals surface area contributed by atoms with Gasteiger partial charge < -0.3 is 19.6 Å². The van der Waals surface area contributed by atoms with Gasteiger partial charge in [-0.3, -0.25) is 19.7 Å². The molecular weight excluding hydrogens is 450 g/mol. The lowest BCUT2D eigenvalue weighted by molar-refractivity contribution is -0.858. The molecule has 1 saturated heterocycles. The third-order valence-corrected chi connectivity index (χ3v) is 5.71. The van der Waals surface area contributed by atoms with Gasteiger partial charge in [0.1, 0.15) is 5.75 Å². The number of nitrogens with one attached hydrogen (secondary N) is 1. The van der Waals surface area contributed by atoms with Crippen LogP contribution in [-0.4, -0.2) is 55.8 Å². The van der Waals surface area contributed by atoms with Crippen molar-refractivity contribution in [3.63, 3.8) is 0 Å². The van der Waals surface area contributed by atoms with Gasteiger partial charge >= 0.3 is 0 Å². The highest BCUT2D eigenvalue weighted by atomic mass is 35.5. The van der Waals surface area contributed by atoms with E-state index in [0.29, 0.717) is 17.7 Å². The monoisotopic (exact) mass is 473 g/mol. The second-order valence-corrected chi connectivity index (χ2v) is 8.39. The smallest absolute Gasteiger partial charge is 0.295 e. The van der Waals surface area contributed by atoms with Crippen molar-refractivity contribution in [2.24, 2.45) is 0 Å². The van der Waals surface area contributed by atoms with Crippen molar-refractivity contribution in [1.82, 2.24) is 4.90 Å². The number of hydrogen-bond acceptors (Lipinski definition) is 6. The molecule has 0 bridgehead atoms. The van der Waals surface area contributed by atoms with Crippen molar-refractivity contribution < 1.29 is 29.3 Å². The molecule has 33 heavy (non-hydrogen) atoms. The van der Waals surface area contributed by atoms with Gasteiger partial charge in [0.05, 0.1) is 43.7 Å². The third-order valence-electron chi connectivity index (χ3n) is 5.42. The molecule has 1 N–H and O–H groups in total. The zero-order valence-corrected chi connectivity index (χ0v) is 19.2. The molecule has 9 nitrogen and oxygen atoms in total. The highest BCUT2D eigenvalue weighted by Gasteiger charge is 2.44. The zero-order valence-electron chi connectivity index (χ0n) is 18.5. The number of ketones is 1. The van der Waals surface area contributed by atoms with Crippen LogP contribution < -0.4 is 14.7 Å². The van der Waals surface area contributed by atoms with E-state index >= 15 is 0 Å². The van der Waals surface area contributed by atoms with E-state index in [-0.39, 0.29) is 28.4 Å². The second-order valence-electron chi connectivity index (χ2n) is 7.99. The first-order chi connectivity index (χ1) is 15.6. The van der Waals surface area contributed by atoms with Crippen molar-refractivity contribution in [2.75, 3.05) is 34.3 Å². The van der Waals surface area contributed by atoms with Crippen LogP contribution in [0.15, 0.2) is 48.0 Å². The normalized spacial score (nSPS) is 17.6. The van der Waals surface area contributed by atoms with Crippen LogP contribution in [0.3, 0.4) is 0 Å². The van der Waals surface area contributed by atoms with Gasteiger partial charge in [0.2, 0.25) is 5.78 Å². The Kier molecular flexibility index (Phi) is 7.35. The fourth-order valence-corrected chi connectivity index (χ4v) is 4.08. The summed E-state index contributed by atoms with van der Waals surface area (Å²) in [6.45, 7) is 0.959. The summed E-state index contributed by atoms with van der Waals surface area (Å²) in [6.07, 6.45) is 0.586. The molecule has 0 radical (unpaired) electrons. The maximum Gasteiger partial charge on any atom is 0.295 e.